The van der Waals surface area contributed by atoms with E-state index in [4.69, 9.17) is 20.4 Å². The number of nitriles is 1. The van der Waals surface area contributed by atoms with E-state index < -0.39 is 7.12 Å². The first-order valence-corrected chi connectivity index (χ1v) is 3.10. The molecule has 0 spiro atoms. The molecule has 0 fully saturated rings. The standard InChI is InChI=1S/C6H5BN2O3/c8-2-5-6(10)1-4(3-9-5)7(11)12/h1,3,10-12H. The molecule has 0 amide bonds. The van der Waals surface area contributed by atoms with Gasteiger partial charge < -0.3 is 15.2 Å². The van der Waals surface area contributed by atoms with Crippen LogP contribution in [0.1, 0.15) is 5.69 Å². The molecule has 0 atom stereocenters. The van der Waals surface area contributed by atoms with Gasteiger partial charge in [-0.25, -0.2) is 4.98 Å². The molecule has 1 heterocycles. The molecule has 1 aromatic heterocycles. The monoisotopic (exact) mass is 164 g/mol. The second kappa shape index (κ2) is 3.22. The van der Waals surface area contributed by atoms with Crippen molar-refractivity contribution in [3.05, 3.63) is 18.0 Å². The zero-order chi connectivity index (χ0) is 9.14. The van der Waals surface area contributed by atoms with E-state index in [0.29, 0.717) is 0 Å². The summed E-state index contributed by atoms with van der Waals surface area (Å²) in [4.78, 5) is 3.49. The molecule has 0 radical (unpaired) electrons. The molecule has 0 saturated heterocycles. The third-order valence-electron chi connectivity index (χ3n) is 1.29. The number of hydrogen-bond acceptors (Lipinski definition) is 5. The van der Waals surface area contributed by atoms with Crippen molar-refractivity contribution in [1.29, 1.82) is 5.26 Å². The largest absolute Gasteiger partial charge is 0.505 e. The maximum Gasteiger partial charge on any atom is 0.490 e. The van der Waals surface area contributed by atoms with Crippen molar-refractivity contribution in [2.45, 2.75) is 0 Å². The second-order valence-corrected chi connectivity index (χ2v) is 2.12. The third-order valence-corrected chi connectivity index (χ3v) is 1.29. The average molecular weight is 164 g/mol. The van der Waals surface area contributed by atoms with Gasteiger partial charge in [0, 0.05) is 11.7 Å². The van der Waals surface area contributed by atoms with Crippen LogP contribution in [0.5, 0.6) is 5.75 Å². The molecule has 3 N–H and O–H groups in total. The first-order chi connectivity index (χ1) is 5.65. The second-order valence-electron chi connectivity index (χ2n) is 2.12. The number of rotatable bonds is 1. The minimum Gasteiger partial charge on any atom is -0.505 e. The van der Waals surface area contributed by atoms with E-state index in [1.807, 2.05) is 0 Å². The highest BCUT2D eigenvalue weighted by Crippen LogP contribution is 2.09. The number of aromatic nitrogens is 1. The van der Waals surface area contributed by atoms with Gasteiger partial charge >= 0.3 is 7.12 Å². The number of pyridine rings is 1. The summed E-state index contributed by atoms with van der Waals surface area (Å²) in [5.41, 5.74) is -0.0918. The molecule has 0 unspecified atom stereocenters. The lowest BCUT2D eigenvalue weighted by molar-refractivity contribution is 0.424. The van der Waals surface area contributed by atoms with E-state index in [9.17, 15) is 0 Å². The van der Waals surface area contributed by atoms with E-state index in [1.54, 1.807) is 6.07 Å². The first-order valence-electron chi connectivity index (χ1n) is 3.10. The van der Waals surface area contributed by atoms with Gasteiger partial charge in [-0.05, 0) is 6.07 Å². The van der Waals surface area contributed by atoms with Crippen LogP contribution < -0.4 is 5.46 Å². The fourth-order valence-corrected chi connectivity index (χ4v) is 0.696. The highest BCUT2D eigenvalue weighted by atomic mass is 16.4. The molecule has 12 heavy (non-hydrogen) atoms. The van der Waals surface area contributed by atoms with Crippen LogP contribution in [0.2, 0.25) is 0 Å². The lowest BCUT2D eigenvalue weighted by Crippen LogP contribution is -2.30. The molecule has 0 bridgehead atoms. The molecule has 0 aliphatic carbocycles. The zero-order valence-corrected chi connectivity index (χ0v) is 5.97. The van der Waals surface area contributed by atoms with E-state index in [2.05, 4.69) is 4.98 Å². The summed E-state index contributed by atoms with van der Waals surface area (Å²) >= 11 is 0. The van der Waals surface area contributed by atoms with Gasteiger partial charge in [0.15, 0.2) is 11.4 Å². The van der Waals surface area contributed by atoms with E-state index in [1.165, 1.54) is 0 Å². The lowest BCUT2D eigenvalue weighted by Gasteiger charge is -1.99. The maximum atomic E-state index is 9.03. The number of aromatic hydroxyl groups is 1. The molecule has 1 aromatic rings. The molecule has 0 aliphatic heterocycles. The summed E-state index contributed by atoms with van der Waals surface area (Å²) < 4.78 is 0. The van der Waals surface area contributed by atoms with Gasteiger partial charge in [0.25, 0.3) is 0 Å². The molecular weight excluding hydrogens is 159 g/mol. The Bertz CT molecular complexity index is 334. The summed E-state index contributed by atoms with van der Waals surface area (Å²) in [7, 11) is -1.68. The SMILES string of the molecule is N#Cc1ncc(B(O)O)cc1O. The van der Waals surface area contributed by atoms with Crippen LogP contribution in [-0.2, 0) is 0 Å². The molecule has 6 heteroatoms. The quantitative estimate of drug-likeness (QED) is 0.431. The predicted molar refractivity (Wildman–Crippen MR) is 40.4 cm³/mol. The summed E-state index contributed by atoms with van der Waals surface area (Å²) in [6.45, 7) is 0. The van der Waals surface area contributed by atoms with Gasteiger partial charge in [0.2, 0.25) is 0 Å². The molecule has 0 aliphatic rings. The highest BCUT2D eigenvalue weighted by Gasteiger charge is 2.13. The van der Waals surface area contributed by atoms with Crippen LogP contribution >= 0.6 is 0 Å². The Hall–Kier alpha value is -1.58. The first kappa shape index (κ1) is 8.52. The van der Waals surface area contributed by atoms with E-state index in [-0.39, 0.29) is 16.9 Å². The Labute approximate surface area is 68.7 Å². The van der Waals surface area contributed by atoms with Crippen molar-refractivity contribution in [1.82, 2.24) is 4.98 Å². The van der Waals surface area contributed by atoms with Gasteiger partial charge in [0.05, 0.1) is 0 Å². The summed E-state index contributed by atoms with van der Waals surface area (Å²) in [5.74, 6) is -0.358. The van der Waals surface area contributed by atoms with Gasteiger partial charge in [-0.2, -0.15) is 5.26 Å². The predicted octanol–water partition coefficient (Wildman–Crippen LogP) is -1.66. The summed E-state index contributed by atoms with van der Waals surface area (Å²) in [5, 5.41) is 34.6. The van der Waals surface area contributed by atoms with Crippen molar-refractivity contribution < 1.29 is 15.2 Å². The maximum absolute atomic E-state index is 9.03. The van der Waals surface area contributed by atoms with Crippen molar-refractivity contribution in [3.8, 4) is 11.8 Å². The Morgan fingerprint density at radius 2 is 2.17 bits per heavy atom. The topological polar surface area (TPSA) is 97.4 Å². The Morgan fingerprint density at radius 3 is 2.58 bits per heavy atom. The van der Waals surface area contributed by atoms with Gasteiger partial charge in [0.1, 0.15) is 6.07 Å². The minimum atomic E-state index is -1.68. The Balaban J connectivity index is 3.12. The molecule has 0 aromatic carbocycles. The van der Waals surface area contributed by atoms with Crippen molar-refractivity contribution in [2.75, 3.05) is 0 Å². The fourth-order valence-electron chi connectivity index (χ4n) is 0.696. The van der Waals surface area contributed by atoms with Crippen LogP contribution in [0.25, 0.3) is 0 Å². The smallest absolute Gasteiger partial charge is 0.490 e. The van der Waals surface area contributed by atoms with Gasteiger partial charge in [-0.1, -0.05) is 0 Å². The van der Waals surface area contributed by atoms with Crippen LogP contribution in [0, 0.1) is 11.3 Å². The van der Waals surface area contributed by atoms with Crippen molar-refractivity contribution in [2.24, 2.45) is 0 Å². The van der Waals surface area contributed by atoms with Crippen molar-refractivity contribution in [3.63, 3.8) is 0 Å². The van der Waals surface area contributed by atoms with E-state index in [0.717, 1.165) is 12.3 Å². The number of nitrogens with zero attached hydrogens (tertiary/aromatic N) is 2. The Morgan fingerprint density at radius 1 is 1.50 bits per heavy atom. The molecular formula is C6H5BN2O3. The zero-order valence-electron chi connectivity index (χ0n) is 5.97. The van der Waals surface area contributed by atoms with Gasteiger partial charge in [-0.15, -0.1) is 0 Å². The van der Waals surface area contributed by atoms with E-state index >= 15 is 0 Å². The normalized spacial score (nSPS) is 9.08. The van der Waals surface area contributed by atoms with Crippen molar-refractivity contribution >= 4 is 12.6 Å². The lowest BCUT2D eigenvalue weighted by atomic mass is 9.81. The molecule has 0 saturated carbocycles. The fraction of sp³-hybridized carbons (Fsp3) is 0. The molecule has 1 rings (SSSR count). The number of hydrogen-bond donors (Lipinski definition) is 3. The van der Waals surface area contributed by atoms with Gasteiger partial charge in [-0.3, -0.25) is 0 Å². The minimum absolute atomic E-state index is 0.0477. The van der Waals surface area contributed by atoms with Crippen LogP contribution in [0.3, 0.4) is 0 Å². The molecule has 5 nitrogen and oxygen atoms in total. The summed E-state index contributed by atoms with van der Waals surface area (Å²) in [6, 6.07) is 2.72. The van der Waals surface area contributed by atoms with Crippen LogP contribution in [0.15, 0.2) is 12.3 Å². The van der Waals surface area contributed by atoms with Crippen LogP contribution in [-0.4, -0.2) is 27.3 Å². The average Bonchev–Trinajstić information content (AvgIpc) is 2.04. The summed E-state index contributed by atoms with van der Waals surface area (Å²) in [6.07, 6.45) is 1.11. The Kier molecular flexibility index (Phi) is 2.28. The molecule has 60 valence electrons. The van der Waals surface area contributed by atoms with Crippen LogP contribution in [0.4, 0.5) is 0 Å². The third kappa shape index (κ3) is 1.53. The highest BCUT2D eigenvalue weighted by molar-refractivity contribution is 6.58.